The Morgan fingerprint density at radius 3 is 2.47 bits per heavy atom. The van der Waals surface area contributed by atoms with Gasteiger partial charge in [0.2, 0.25) is 10.0 Å². The molecule has 8 heteroatoms. The Morgan fingerprint density at radius 1 is 1.07 bits per heavy atom. The number of furan rings is 1. The lowest BCUT2D eigenvalue weighted by Gasteiger charge is -2.15. The molecule has 2 aromatic carbocycles. The number of aliphatic imine (C=N–C) groups is 1. The molecule has 1 aromatic heterocycles. The fraction of sp³-hybridized carbons (Fsp3) is 0.318. The average molecular weight is 429 g/mol. The quantitative estimate of drug-likeness (QED) is 0.446. The molecule has 0 unspecified atom stereocenters. The predicted octanol–water partition coefficient (Wildman–Crippen LogP) is 3.25. The molecule has 0 aliphatic carbocycles. The summed E-state index contributed by atoms with van der Waals surface area (Å²) in [7, 11) is -0.486. The number of guanidine groups is 1. The van der Waals surface area contributed by atoms with Crippen molar-refractivity contribution in [2.75, 3.05) is 20.6 Å². The molecule has 7 nitrogen and oxygen atoms in total. The number of nitrogens with zero attached hydrogens (tertiary/aromatic N) is 2. The van der Waals surface area contributed by atoms with E-state index < -0.39 is 10.0 Å². The molecule has 0 aliphatic rings. The average Bonchev–Trinajstić information content (AvgIpc) is 3.06. The van der Waals surface area contributed by atoms with E-state index in [0.29, 0.717) is 24.6 Å². The SMILES string of the molecule is CCNC(=NCc1ccccc1S(=O)(=O)N(C)C)NCc1oc2ccccc2c1C. The molecule has 0 aliphatic heterocycles. The number of rotatable bonds is 7. The van der Waals surface area contributed by atoms with Crippen LogP contribution in [0, 0.1) is 6.92 Å². The maximum atomic E-state index is 12.6. The Morgan fingerprint density at radius 2 is 1.77 bits per heavy atom. The van der Waals surface area contributed by atoms with Crippen LogP contribution < -0.4 is 10.6 Å². The molecule has 0 fully saturated rings. The third-order valence-electron chi connectivity index (χ3n) is 4.84. The summed E-state index contributed by atoms with van der Waals surface area (Å²) < 4.78 is 32.3. The second kappa shape index (κ2) is 9.32. The molecule has 1 heterocycles. The molecule has 2 N–H and O–H groups in total. The third-order valence-corrected chi connectivity index (χ3v) is 6.76. The number of para-hydroxylation sites is 1. The standard InChI is InChI=1S/C22H28N4O3S/c1-5-23-22(25-15-20-16(2)18-11-7-8-12-19(18)29-20)24-14-17-10-6-9-13-21(17)30(27,28)26(3)4/h6-13H,5,14-15H2,1-4H3,(H2,23,24,25). The first-order chi connectivity index (χ1) is 14.3. The maximum absolute atomic E-state index is 12.6. The third kappa shape index (κ3) is 4.66. The van der Waals surface area contributed by atoms with Crippen LogP contribution in [0.2, 0.25) is 0 Å². The highest BCUT2D eigenvalue weighted by molar-refractivity contribution is 7.89. The number of benzene rings is 2. The summed E-state index contributed by atoms with van der Waals surface area (Å²) in [6.07, 6.45) is 0. The lowest BCUT2D eigenvalue weighted by Crippen LogP contribution is -2.36. The van der Waals surface area contributed by atoms with Crippen molar-refractivity contribution in [1.29, 1.82) is 0 Å². The summed E-state index contributed by atoms with van der Waals surface area (Å²) in [5, 5.41) is 7.57. The van der Waals surface area contributed by atoms with Crippen molar-refractivity contribution in [2.45, 2.75) is 31.8 Å². The number of hydrogen-bond acceptors (Lipinski definition) is 4. The van der Waals surface area contributed by atoms with E-state index in [0.717, 1.165) is 22.3 Å². The summed E-state index contributed by atoms with van der Waals surface area (Å²) in [4.78, 5) is 4.85. The van der Waals surface area contributed by atoms with Crippen LogP contribution in [0.4, 0.5) is 0 Å². The minimum Gasteiger partial charge on any atom is -0.459 e. The van der Waals surface area contributed by atoms with Gasteiger partial charge in [-0.15, -0.1) is 0 Å². The van der Waals surface area contributed by atoms with Gasteiger partial charge in [0.05, 0.1) is 18.0 Å². The van der Waals surface area contributed by atoms with E-state index in [1.165, 1.54) is 18.4 Å². The molecule has 3 rings (SSSR count). The zero-order chi connectivity index (χ0) is 21.7. The van der Waals surface area contributed by atoms with Crippen molar-refractivity contribution in [3.8, 4) is 0 Å². The van der Waals surface area contributed by atoms with E-state index >= 15 is 0 Å². The van der Waals surface area contributed by atoms with Crippen LogP contribution in [0.15, 0.2) is 62.8 Å². The fourth-order valence-corrected chi connectivity index (χ4v) is 4.25. The van der Waals surface area contributed by atoms with Gasteiger partial charge in [0.15, 0.2) is 5.96 Å². The van der Waals surface area contributed by atoms with E-state index in [9.17, 15) is 8.42 Å². The number of aryl methyl sites for hydroxylation is 1. The summed E-state index contributed by atoms with van der Waals surface area (Å²) in [6.45, 7) is 5.41. The Kier molecular flexibility index (Phi) is 6.79. The smallest absolute Gasteiger partial charge is 0.242 e. The van der Waals surface area contributed by atoms with Crippen LogP contribution in [0.1, 0.15) is 23.8 Å². The Balaban J connectivity index is 1.79. The lowest BCUT2D eigenvalue weighted by atomic mass is 10.1. The van der Waals surface area contributed by atoms with E-state index in [1.807, 2.05) is 44.2 Å². The first-order valence-electron chi connectivity index (χ1n) is 9.84. The first kappa shape index (κ1) is 21.9. The minimum absolute atomic E-state index is 0.234. The van der Waals surface area contributed by atoms with Gasteiger partial charge in [-0.25, -0.2) is 17.7 Å². The van der Waals surface area contributed by atoms with Gasteiger partial charge in [-0.3, -0.25) is 0 Å². The summed E-state index contributed by atoms with van der Waals surface area (Å²) >= 11 is 0. The molecular weight excluding hydrogens is 400 g/mol. The summed E-state index contributed by atoms with van der Waals surface area (Å²) in [5.41, 5.74) is 2.59. The maximum Gasteiger partial charge on any atom is 0.242 e. The van der Waals surface area contributed by atoms with Crippen molar-refractivity contribution in [2.24, 2.45) is 4.99 Å². The van der Waals surface area contributed by atoms with Crippen molar-refractivity contribution >= 4 is 27.0 Å². The van der Waals surface area contributed by atoms with Crippen molar-refractivity contribution in [3.05, 3.63) is 65.4 Å². The highest BCUT2D eigenvalue weighted by Gasteiger charge is 2.20. The van der Waals surface area contributed by atoms with Gasteiger partial charge in [0.25, 0.3) is 0 Å². The van der Waals surface area contributed by atoms with Crippen LogP contribution >= 0.6 is 0 Å². The molecule has 3 aromatic rings. The molecule has 0 spiro atoms. The topological polar surface area (TPSA) is 86.9 Å². The number of sulfonamides is 1. The van der Waals surface area contributed by atoms with E-state index in [1.54, 1.807) is 18.2 Å². The van der Waals surface area contributed by atoms with Crippen LogP contribution in [-0.2, 0) is 23.1 Å². The molecular formula is C22H28N4O3S. The minimum atomic E-state index is -3.54. The van der Waals surface area contributed by atoms with Gasteiger partial charge in [0, 0.05) is 31.6 Å². The molecule has 30 heavy (non-hydrogen) atoms. The monoisotopic (exact) mass is 428 g/mol. The highest BCUT2D eigenvalue weighted by Crippen LogP contribution is 2.24. The van der Waals surface area contributed by atoms with E-state index in [4.69, 9.17) is 4.42 Å². The zero-order valence-electron chi connectivity index (χ0n) is 17.8. The summed E-state index contributed by atoms with van der Waals surface area (Å²) in [5.74, 6) is 1.44. The predicted molar refractivity (Wildman–Crippen MR) is 120 cm³/mol. The van der Waals surface area contributed by atoms with Crippen molar-refractivity contribution in [3.63, 3.8) is 0 Å². The molecule has 0 saturated heterocycles. The second-order valence-electron chi connectivity index (χ2n) is 7.09. The molecule has 0 amide bonds. The van der Waals surface area contributed by atoms with Gasteiger partial charge in [-0.05, 0) is 31.5 Å². The Bertz CT molecular complexity index is 1150. The molecule has 0 atom stereocenters. The first-order valence-corrected chi connectivity index (χ1v) is 11.3. The number of hydrogen-bond donors (Lipinski definition) is 2. The summed E-state index contributed by atoms with van der Waals surface area (Å²) in [6, 6.07) is 14.9. The molecule has 160 valence electrons. The van der Waals surface area contributed by atoms with Crippen LogP contribution in [-0.4, -0.2) is 39.3 Å². The van der Waals surface area contributed by atoms with Gasteiger partial charge < -0.3 is 15.1 Å². The zero-order valence-corrected chi connectivity index (χ0v) is 18.6. The highest BCUT2D eigenvalue weighted by atomic mass is 32.2. The normalized spacial score (nSPS) is 12.5. The van der Waals surface area contributed by atoms with Gasteiger partial charge >= 0.3 is 0 Å². The van der Waals surface area contributed by atoms with Crippen LogP contribution in [0.3, 0.4) is 0 Å². The fourth-order valence-electron chi connectivity index (χ4n) is 3.15. The van der Waals surface area contributed by atoms with Gasteiger partial charge in [-0.1, -0.05) is 36.4 Å². The van der Waals surface area contributed by atoms with E-state index in [-0.39, 0.29) is 11.4 Å². The Labute approximate surface area is 177 Å². The molecule has 0 radical (unpaired) electrons. The van der Waals surface area contributed by atoms with E-state index in [2.05, 4.69) is 15.6 Å². The second-order valence-corrected chi connectivity index (χ2v) is 9.21. The van der Waals surface area contributed by atoms with Crippen molar-refractivity contribution < 1.29 is 12.8 Å². The van der Waals surface area contributed by atoms with Gasteiger partial charge in [-0.2, -0.15) is 0 Å². The Hall–Kier alpha value is -2.84. The van der Waals surface area contributed by atoms with Crippen LogP contribution in [0.5, 0.6) is 0 Å². The molecule has 0 saturated carbocycles. The van der Waals surface area contributed by atoms with Crippen molar-refractivity contribution in [1.82, 2.24) is 14.9 Å². The largest absolute Gasteiger partial charge is 0.459 e. The lowest BCUT2D eigenvalue weighted by molar-refractivity contribution is 0.519. The molecule has 0 bridgehead atoms. The number of nitrogens with one attached hydrogen (secondary N) is 2. The van der Waals surface area contributed by atoms with Gasteiger partial charge in [0.1, 0.15) is 11.3 Å². The number of fused-ring (bicyclic) bond motifs is 1. The van der Waals surface area contributed by atoms with Crippen LogP contribution in [0.25, 0.3) is 11.0 Å².